The zero-order chi connectivity index (χ0) is 15.7. The lowest BCUT2D eigenvalue weighted by atomic mass is 9.93. The van der Waals surface area contributed by atoms with Crippen molar-refractivity contribution in [2.45, 2.75) is 51.9 Å². The number of nitrogens with zero attached hydrogens (tertiary/aromatic N) is 2. The van der Waals surface area contributed by atoms with Crippen molar-refractivity contribution in [3.8, 4) is 0 Å². The van der Waals surface area contributed by atoms with Gasteiger partial charge in [0, 0.05) is 6.54 Å². The predicted octanol–water partition coefficient (Wildman–Crippen LogP) is 2.51. The molecule has 0 aliphatic carbocycles. The number of Topliss-reactive ketones (excluding diaryl/α,β-unsaturated/α-hetero) is 1. The third-order valence-corrected chi connectivity index (χ3v) is 3.63. The Morgan fingerprint density at radius 1 is 1.40 bits per heavy atom. The fraction of sp³-hybridized carbons (Fsp3) is 0.667. The van der Waals surface area contributed by atoms with Crippen LogP contribution in [0.15, 0.2) is 0 Å². The topological polar surface area (TPSA) is 60.9 Å². The van der Waals surface area contributed by atoms with Crippen molar-refractivity contribution in [1.82, 2.24) is 9.78 Å². The maximum Gasteiger partial charge on any atom is 0.413 e. The van der Waals surface area contributed by atoms with E-state index >= 15 is 0 Å². The van der Waals surface area contributed by atoms with Gasteiger partial charge < -0.3 is 5.73 Å². The van der Waals surface area contributed by atoms with Crippen LogP contribution in [0.3, 0.4) is 0 Å². The molecule has 0 spiro atoms. The highest BCUT2D eigenvalue weighted by Gasteiger charge is 2.53. The number of carbonyl (C=O) groups is 1. The van der Waals surface area contributed by atoms with Crippen LogP contribution in [0.1, 0.15) is 32.2 Å². The summed E-state index contributed by atoms with van der Waals surface area (Å²) >= 11 is 6.06. The first kappa shape index (κ1) is 17.0. The molecule has 4 nitrogen and oxygen atoms in total. The van der Waals surface area contributed by atoms with E-state index in [0.29, 0.717) is 25.6 Å². The summed E-state index contributed by atoms with van der Waals surface area (Å²) in [5.41, 5.74) is 3.05. The number of aryl methyl sites for hydroxylation is 2. The molecule has 1 atom stereocenters. The summed E-state index contributed by atoms with van der Waals surface area (Å²) in [4.78, 5) is 11.9. The first-order chi connectivity index (χ1) is 9.06. The zero-order valence-electron chi connectivity index (χ0n) is 11.5. The van der Waals surface area contributed by atoms with Crippen LogP contribution in [0.5, 0.6) is 0 Å². The number of nitrogens with two attached hydrogens (primary N) is 1. The number of halogens is 4. The van der Waals surface area contributed by atoms with Gasteiger partial charge in [-0.2, -0.15) is 18.3 Å². The summed E-state index contributed by atoms with van der Waals surface area (Å²) in [5, 5.41) is 4.39. The molecule has 1 heterocycles. The largest absolute Gasteiger partial charge is 0.413 e. The monoisotopic (exact) mass is 311 g/mol. The molecule has 0 aromatic carbocycles. The Bertz CT molecular complexity index is 509. The van der Waals surface area contributed by atoms with E-state index in [1.807, 2.05) is 6.92 Å². The molecule has 0 saturated heterocycles. The normalized spacial score (nSPS) is 15.2. The van der Waals surface area contributed by atoms with Crippen molar-refractivity contribution in [2.24, 2.45) is 5.73 Å². The van der Waals surface area contributed by atoms with Crippen molar-refractivity contribution < 1.29 is 18.0 Å². The number of carbonyl (C=O) groups excluding carboxylic acids is 1. The summed E-state index contributed by atoms with van der Waals surface area (Å²) in [6.07, 6.45) is -4.76. The molecule has 1 aromatic rings. The van der Waals surface area contributed by atoms with Gasteiger partial charge in [0.2, 0.25) is 0 Å². The Morgan fingerprint density at radius 2 is 1.95 bits per heavy atom. The van der Waals surface area contributed by atoms with Gasteiger partial charge in [-0.15, -0.1) is 0 Å². The number of rotatable bonds is 5. The van der Waals surface area contributed by atoms with Crippen LogP contribution >= 0.6 is 11.6 Å². The third kappa shape index (κ3) is 2.98. The van der Waals surface area contributed by atoms with Gasteiger partial charge >= 0.3 is 6.18 Å². The van der Waals surface area contributed by atoms with Crippen LogP contribution in [0, 0.1) is 0 Å². The van der Waals surface area contributed by atoms with Crippen LogP contribution in [0.4, 0.5) is 13.2 Å². The SMILES string of the molecule is CCc1nn(CC)c(CC(=O)C(C)(N)C(F)(F)F)c1Cl. The molecular weight excluding hydrogens is 295 g/mol. The van der Waals surface area contributed by atoms with Crippen LogP contribution < -0.4 is 5.73 Å². The molecule has 0 radical (unpaired) electrons. The Hall–Kier alpha value is -1.08. The third-order valence-electron chi connectivity index (χ3n) is 3.19. The summed E-state index contributed by atoms with van der Waals surface area (Å²) in [7, 11) is 0. The summed E-state index contributed by atoms with van der Waals surface area (Å²) < 4.78 is 39.7. The van der Waals surface area contributed by atoms with E-state index in [4.69, 9.17) is 17.3 Å². The molecule has 0 fully saturated rings. The lowest BCUT2D eigenvalue weighted by molar-refractivity contribution is -0.185. The van der Waals surface area contributed by atoms with E-state index in [-0.39, 0.29) is 10.7 Å². The Labute approximate surface area is 120 Å². The van der Waals surface area contributed by atoms with Gasteiger partial charge in [0.15, 0.2) is 11.3 Å². The van der Waals surface area contributed by atoms with Crippen LogP contribution in [0.25, 0.3) is 0 Å². The van der Waals surface area contributed by atoms with E-state index in [0.717, 1.165) is 0 Å². The van der Waals surface area contributed by atoms with E-state index in [9.17, 15) is 18.0 Å². The second-order valence-corrected chi connectivity index (χ2v) is 5.05. The van der Waals surface area contributed by atoms with Crippen molar-refractivity contribution in [3.63, 3.8) is 0 Å². The Morgan fingerprint density at radius 3 is 2.35 bits per heavy atom. The number of alkyl halides is 3. The number of hydrogen-bond acceptors (Lipinski definition) is 3. The van der Waals surface area contributed by atoms with Crippen molar-refractivity contribution in [3.05, 3.63) is 16.4 Å². The molecule has 0 aliphatic rings. The quantitative estimate of drug-likeness (QED) is 0.909. The first-order valence-electron chi connectivity index (χ1n) is 6.19. The maximum absolute atomic E-state index is 12.7. The van der Waals surface area contributed by atoms with E-state index in [1.165, 1.54) is 4.68 Å². The average molecular weight is 312 g/mol. The maximum atomic E-state index is 12.7. The highest BCUT2D eigenvalue weighted by atomic mass is 35.5. The minimum Gasteiger partial charge on any atom is -0.312 e. The molecule has 0 amide bonds. The zero-order valence-corrected chi connectivity index (χ0v) is 12.3. The summed E-state index contributed by atoms with van der Waals surface area (Å²) in [6, 6.07) is 0. The number of ketones is 1. The molecule has 1 unspecified atom stereocenters. The summed E-state index contributed by atoms with van der Waals surface area (Å²) in [5.74, 6) is -1.14. The van der Waals surface area contributed by atoms with Gasteiger partial charge in [0.05, 0.1) is 22.8 Å². The molecular formula is C12H17ClF3N3O. The van der Waals surface area contributed by atoms with Gasteiger partial charge in [0.1, 0.15) is 0 Å². The molecule has 0 aliphatic heterocycles. The molecule has 2 N–H and O–H groups in total. The van der Waals surface area contributed by atoms with Gasteiger partial charge in [-0.1, -0.05) is 18.5 Å². The smallest absolute Gasteiger partial charge is 0.312 e. The van der Waals surface area contributed by atoms with Gasteiger partial charge in [-0.25, -0.2) is 0 Å². The Balaban J connectivity index is 3.11. The molecule has 0 saturated carbocycles. The molecule has 0 bridgehead atoms. The van der Waals surface area contributed by atoms with Gasteiger partial charge in [0.25, 0.3) is 0 Å². The van der Waals surface area contributed by atoms with E-state index in [2.05, 4.69) is 5.10 Å². The average Bonchev–Trinajstić information content (AvgIpc) is 2.64. The Kier molecular flexibility index (Phi) is 4.86. The second-order valence-electron chi connectivity index (χ2n) is 4.68. The summed E-state index contributed by atoms with van der Waals surface area (Å²) in [6.45, 7) is 4.66. The highest BCUT2D eigenvalue weighted by molar-refractivity contribution is 6.32. The molecule has 8 heteroatoms. The van der Waals surface area contributed by atoms with Crippen molar-refractivity contribution >= 4 is 17.4 Å². The lowest BCUT2D eigenvalue weighted by Gasteiger charge is -2.26. The van der Waals surface area contributed by atoms with Gasteiger partial charge in [-0.05, 0) is 20.3 Å². The van der Waals surface area contributed by atoms with E-state index in [1.54, 1.807) is 6.92 Å². The molecule has 1 aromatic heterocycles. The van der Waals surface area contributed by atoms with Crippen molar-refractivity contribution in [2.75, 3.05) is 0 Å². The molecule has 20 heavy (non-hydrogen) atoms. The fourth-order valence-corrected chi connectivity index (χ4v) is 2.02. The number of aromatic nitrogens is 2. The fourth-order valence-electron chi connectivity index (χ4n) is 1.68. The minimum atomic E-state index is -4.80. The number of hydrogen-bond donors (Lipinski definition) is 1. The first-order valence-corrected chi connectivity index (χ1v) is 6.57. The van der Waals surface area contributed by atoms with Crippen LogP contribution in [-0.4, -0.2) is 27.3 Å². The predicted molar refractivity (Wildman–Crippen MR) is 69.6 cm³/mol. The standard InChI is InChI=1S/C12H17ClF3N3O/c1-4-7-10(13)8(19(5-2)18-7)6-9(20)11(3,17)12(14,15)16/h4-6,17H2,1-3H3. The second kappa shape index (κ2) is 5.73. The van der Waals surface area contributed by atoms with E-state index < -0.39 is 23.9 Å². The molecule has 1 rings (SSSR count). The minimum absolute atomic E-state index is 0.237. The van der Waals surface area contributed by atoms with Crippen molar-refractivity contribution in [1.29, 1.82) is 0 Å². The highest BCUT2D eigenvalue weighted by Crippen LogP contribution is 2.31. The van der Waals surface area contributed by atoms with Crippen LogP contribution in [0.2, 0.25) is 5.02 Å². The van der Waals surface area contributed by atoms with Gasteiger partial charge in [-0.3, -0.25) is 9.48 Å². The lowest BCUT2D eigenvalue weighted by Crippen LogP contribution is -2.57. The molecule has 114 valence electrons. The van der Waals surface area contributed by atoms with Crippen LogP contribution in [-0.2, 0) is 24.2 Å².